The molecule has 0 saturated carbocycles. The van der Waals surface area contributed by atoms with E-state index in [0.29, 0.717) is 5.56 Å². The average Bonchev–Trinajstić information content (AvgIpc) is 2.96. The first-order chi connectivity index (χ1) is 18.2. The van der Waals surface area contributed by atoms with Crippen LogP contribution in [0.2, 0.25) is 0 Å². The maximum atomic E-state index is 11.7. The van der Waals surface area contributed by atoms with Crippen LogP contribution in [-0.2, 0) is 16.5 Å². The molecule has 0 bridgehead atoms. The standard InChI is InChI=1S/C31H25NOSi.2ClH.Mo/c33-31-25(24-32-26-15-5-1-6-16-26)14-13-23-30(31)34(27-17-7-2-8-18-27,28-19-9-3-10-20-28)29-21-11-4-12-22-29;;;/h1-24,33H;2*1H;/q;;;+2/p-2. The van der Waals surface area contributed by atoms with Crippen molar-refractivity contribution in [2.24, 2.45) is 4.99 Å². The Labute approximate surface area is 235 Å². The van der Waals surface area contributed by atoms with Gasteiger partial charge in [0.2, 0.25) is 0 Å². The summed E-state index contributed by atoms with van der Waals surface area (Å²) in [5, 5.41) is 16.3. The predicted molar refractivity (Wildman–Crippen MR) is 157 cm³/mol. The quantitative estimate of drug-likeness (QED) is 0.143. The number of aromatic hydroxyl groups is 1. The second-order valence-corrected chi connectivity index (χ2v) is 15.1. The number of hydrogen-bond acceptors (Lipinski definition) is 2. The summed E-state index contributed by atoms with van der Waals surface area (Å²) < 4.78 is 0. The fourth-order valence-corrected chi connectivity index (χ4v) is 9.51. The van der Waals surface area contributed by atoms with Crippen LogP contribution in [0.1, 0.15) is 5.56 Å². The van der Waals surface area contributed by atoms with E-state index in [1.165, 1.54) is 15.6 Å². The van der Waals surface area contributed by atoms with Crippen LogP contribution in [0.15, 0.2) is 145 Å². The summed E-state index contributed by atoms with van der Waals surface area (Å²) in [5.41, 5.74) is 1.56. The number of phenols is 1. The minimum absolute atomic E-state index is 0.283. The number of benzene rings is 5. The first-order valence-corrected chi connectivity index (χ1v) is 18.9. The summed E-state index contributed by atoms with van der Waals surface area (Å²) in [5.74, 6) is 0.283. The average molecular weight is 622 g/mol. The molecule has 5 rings (SSSR count). The van der Waals surface area contributed by atoms with Gasteiger partial charge in [0.15, 0.2) is 8.07 Å². The van der Waals surface area contributed by atoms with Gasteiger partial charge < -0.3 is 5.11 Å². The molecule has 0 heterocycles. The van der Waals surface area contributed by atoms with Crippen molar-refractivity contribution in [1.82, 2.24) is 0 Å². The van der Waals surface area contributed by atoms with Crippen molar-refractivity contribution in [2.75, 3.05) is 0 Å². The summed E-state index contributed by atoms with van der Waals surface area (Å²) in [6.07, 6.45) is 1.76. The summed E-state index contributed by atoms with van der Waals surface area (Å²) in [4.78, 5) is 4.61. The zero-order valence-corrected chi connectivity index (χ0v) is 24.4. The minimum atomic E-state index is -2.80. The molecule has 0 spiro atoms. The van der Waals surface area contributed by atoms with Crippen LogP contribution in [-0.4, -0.2) is 19.4 Å². The van der Waals surface area contributed by atoms with Gasteiger partial charge in [-0.3, -0.25) is 4.99 Å². The fourth-order valence-electron chi connectivity index (χ4n) is 4.66. The van der Waals surface area contributed by atoms with Gasteiger partial charge in [-0.15, -0.1) is 0 Å². The molecule has 6 heteroatoms. The summed E-state index contributed by atoms with van der Waals surface area (Å²) in [6, 6.07) is 47.6. The Hall–Kier alpha value is -2.94. The van der Waals surface area contributed by atoms with E-state index >= 15 is 0 Å². The van der Waals surface area contributed by atoms with Gasteiger partial charge in [-0.05, 0) is 38.9 Å². The number of phenolic OH excluding ortho intramolecular Hbond substituents is 1. The first-order valence-electron chi connectivity index (χ1n) is 11.7. The summed E-state index contributed by atoms with van der Waals surface area (Å²) >= 11 is -0.586. The number of para-hydroxylation sites is 2. The summed E-state index contributed by atoms with van der Waals surface area (Å²) in [7, 11) is 6.99. The Morgan fingerprint density at radius 2 is 0.973 bits per heavy atom. The molecule has 0 aliphatic rings. The predicted octanol–water partition coefficient (Wildman–Crippen LogP) is 5.90. The molecule has 5 aromatic carbocycles. The molecule has 1 N–H and O–H groups in total. The van der Waals surface area contributed by atoms with Crippen LogP contribution in [0.3, 0.4) is 0 Å². The molecule has 0 aliphatic heterocycles. The van der Waals surface area contributed by atoms with Crippen molar-refractivity contribution in [3.05, 3.63) is 145 Å². The molecule has 0 radical (unpaired) electrons. The Morgan fingerprint density at radius 1 is 0.568 bits per heavy atom. The third-order valence-corrected chi connectivity index (χ3v) is 11.0. The van der Waals surface area contributed by atoms with Crippen LogP contribution in [0.5, 0.6) is 5.75 Å². The van der Waals surface area contributed by atoms with Crippen molar-refractivity contribution in [1.29, 1.82) is 0 Å². The molecule has 0 amide bonds. The molecular weight excluding hydrogens is 597 g/mol. The van der Waals surface area contributed by atoms with Gasteiger partial charge in [0, 0.05) is 11.8 Å². The van der Waals surface area contributed by atoms with Crippen molar-refractivity contribution < 1.29 is 21.6 Å². The molecule has 0 atom stereocenters. The zero-order valence-electron chi connectivity index (χ0n) is 19.9. The normalized spacial score (nSPS) is 11.1. The van der Waals surface area contributed by atoms with E-state index in [4.69, 9.17) is 18.8 Å². The van der Waals surface area contributed by atoms with Crippen LogP contribution in [0.4, 0.5) is 5.69 Å². The summed E-state index contributed by atoms with van der Waals surface area (Å²) in [6.45, 7) is 0. The topological polar surface area (TPSA) is 32.6 Å². The zero-order chi connectivity index (χ0) is 25.9. The van der Waals surface area contributed by atoms with Gasteiger partial charge in [-0.2, -0.15) is 0 Å². The number of nitrogens with zero attached hydrogens (tertiary/aromatic N) is 1. The third kappa shape index (κ3) is 6.14. The van der Waals surface area contributed by atoms with Gasteiger partial charge in [0.1, 0.15) is 5.75 Å². The Morgan fingerprint density at radius 3 is 1.41 bits per heavy atom. The van der Waals surface area contributed by atoms with E-state index in [9.17, 15) is 5.11 Å². The van der Waals surface area contributed by atoms with Crippen LogP contribution < -0.4 is 20.7 Å². The number of rotatable bonds is 6. The van der Waals surface area contributed by atoms with Gasteiger partial charge in [0.05, 0.1) is 5.69 Å². The molecule has 0 saturated heterocycles. The SMILES string of the molecule is Oc1c(C=Nc2ccccc2)cccc1[Si](c1ccccc1)(c1ccccc1)c1ccccc1.[Cl][Mo][Cl]. The van der Waals surface area contributed by atoms with Crippen LogP contribution >= 0.6 is 18.8 Å². The third-order valence-electron chi connectivity index (χ3n) is 6.20. The first kappa shape index (κ1) is 27.1. The molecule has 37 heavy (non-hydrogen) atoms. The van der Waals surface area contributed by atoms with Crippen molar-refractivity contribution >= 4 is 59.6 Å². The molecule has 0 aliphatic carbocycles. The van der Waals surface area contributed by atoms with E-state index in [-0.39, 0.29) is 5.75 Å². The van der Waals surface area contributed by atoms with Crippen molar-refractivity contribution in [3.8, 4) is 5.75 Å². The maximum absolute atomic E-state index is 11.7. The Kier molecular flexibility index (Phi) is 9.93. The van der Waals surface area contributed by atoms with Gasteiger partial charge in [-0.25, -0.2) is 0 Å². The number of aliphatic imine (C=N–C) groups is 1. The molecular formula is C31H25Cl2MoNOSi. The molecule has 184 valence electrons. The van der Waals surface area contributed by atoms with E-state index in [1.54, 1.807) is 6.21 Å². The molecule has 2 nitrogen and oxygen atoms in total. The fraction of sp³-hybridized carbons (Fsp3) is 0. The Bertz CT molecular complexity index is 1320. The van der Waals surface area contributed by atoms with E-state index in [1.807, 2.05) is 60.7 Å². The van der Waals surface area contributed by atoms with Gasteiger partial charge >= 0.3 is 35.3 Å². The van der Waals surface area contributed by atoms with Crippen LogP contribution in [0.25, 0.3) is 0 Å². The van der Waals surface area contributed by atoms with Crippen molar-refractivity contribution in [2.45, 2.75) is 0 Å². The van der Waals surface area contributed by atoms with E-state index in [2.05, 4.69) is 83.9 Å². The van der Waals surface area contributed by atoms with Gasteiger partial charge in [0.25, 0.3) is 0 Å². The number of halogens is 2. The second kappa shape index (κ2) is 13.6. The van der Waals surface area contributed by atoms with E-state index in [0.717, 1.165) is 10.9 Å². The molecule has 0 fully saturated rings. The Balaban J connectivity index is 0.00000102. The van der Waals surface area contributed by atoms with Crippen LogP contribution in [0, 0.1) is 0 Å². The van der Waals surface area contributed by atoms with Gasteiger partial charge in [-0.1, -0.05) is 121 Å². The van der Waals surface area contributed by atoms with E-state index < -0.39 is 24.6 Å². The molecule has 0 unspecified atom stereocenters. The monoisotopic (exact) mass is 623 g/mol. The molecule has 5 aromatic rings. The molecule has 0 aromatic heterocycles. The number of hydrogen-bond donors (Lipinski definition) is 1. The van der Waals surface area contributed by atoms with Crippen molar-refractivity contribution in [3.63, 3.8) is 0 Å². The second-order valence-electron chi connectivity index (χ2n) is 8.24.